The van der Waals surface area contributed by atoms with Crippen LogP contribution in [0.1, 0.15) is 21.5 Å². The maximum atomic E-state index is 11.8. The van der Waals surface area contributed by atoms with Gasteiger partial charge < -0.3 is 4.74 Å². The minimum Gasteiger partial charge on any atom is -0.496 e. The second-order valence-electron chi connectivity index (χ2n) is 3.52. The summed E-state index contributed by atoms with van der Waals surface area (Å²) in [5.74, 6) is -0.541. The van der Waals surface area contributed by atoms with Gasteiger partial charge in [-0.15, -0.1) is 0 Å². The Kier molecular flexibility index (Phi) is 4.24. The Labute approximate surface area is 103 Å². The zero-order chi connectivity index (χ0) is 12.3. The van der Waals surface area contributed by atoms with Crippen molar-refractivity contribution in [1.82, 2.24) is 0 Å². The fourth-order valence-corrected chi connectivity index (χ4v) is 1.60. The lowest BCUT2D eigenvalue weighted by molar-refractivity contribution is -0.112. The van der Waals surface area contributed by atoms with E-state index < -0.39 is 11.6 Å². The SMILES string of the molecule is COc1cc(C)c(C)cc1C(=O)C(=O)CBr. The zero-order valence-electron chi connectivity index (χ0n) is 9.46. The molecule has 4 heteroatoms. The van der Waals surface area contributed by atoms with Crippen molar-refractivity contribution in [3.63, 3.8) is 0 Å². The van der Waals surface area contributed by atoms with Gasteiger partial charge in [0.1, 0.15) is 5.75 Å². The van der Waals surface area contributed by atoms with Crippen molar-refractivity contribution in [2.75, 3.05) is 12.4 Å². The Morgan fingerprint density at radius 2 is 1.81 bits per heavy atom. The lowest BCUT2D eigenvalue weighted by Crippen LogP contribution is -2.16. The molecule has 1 rings (SSSR count). The summed E-state index contributed by atoms with van der Waals surface area (Å²) >= 11 is 2.98. The first-order valence-electron chi connectivity index (χ1n) is 4.80. The number of methoxy groups -OCH3 is 1. The predicted octanol–water partition coefficient (Wildman–Crippen LogP) is 2.46. The summed E-state index contributed by atoms with van der Waals surface area (Å²) in [4.78, 5) is 23.1. The molecule has 0 bridgehead atoms. The average Bonchev–Trinajstić information content (AvgIpc) is 2.30. The molecule has 0 atom stereocenters. The van der Waals surface area contributed by atoms with E-state index in [-0.39, 0.29) is 5.33 Å². The van der Waals surface area contributed by atoms with Crippen LogP contribution in [0.2, 0.25) is 0 Å². The van der Waals surface area contributed by atoms with Crippen LogP contribution in [-0.2, 0) is 4.79 Å². The van der Waals surface area contributed by atoms with Gasteiger partial charge in [0.2, 0.25) is 11.6 Å². The standard InChI is InChI=1S/C12H13BrO3/c1-7-4-9(12(15)10(14)6-13)11(16-3)5-8(7)2/h4-5H,6H2,1-3H3. The highest BCUT2D eigenvalue weighted by Gasteiger charge is 2.19. The Balaban J connectivity index is 3.27. The molecule has 0 N–H and O–H groups in total. The van der Waals surface area contributed by atoms with Gasteiger partial charge in [-0.3, -0.25) is 9.59 Å². The topological polar surface area (TPSA) is 43.4 Å². The fourth-order valence-electron chi connectivity index (χ4n) is 1.35. The fraction of sp³-hybridized carbons (Fsp3) is 0.333. The van der Waals surface area contributed by atoms with Crippen molar-refractivity contribution in [2.24, 2.45) is 0 Å². The molecule has 0 amide bonds. The van der Waals surface area contributed by atoms with Gasteiger partial charge in [0.25, 0.3) is 0 Å². The third-order valence-electron chi connectivity index (χ3n) is 2.44. The van der Waals surface area contributed by atoms with E-state index in [1.807, 2.05) is 13.8 Å². The first-order chi connectivity index (χ1) is 7.51. The highest BCUT2D eigenvalue weighted by atomic mass is 79.9. The number of aryl methyl sites for hydroxylation is 2. The predicted molar refractivity (Wildman–Crippen MR) is 65.6 cm³/mol. The van der Waals surface area contributed by atoms with Gasteiger partial charge in [-0.25, -0.2) is 0 Å². The molecular formula is C12H13BrO3. The second kappa shape index (κ2) is 5.25. The summed E-state index contributed by atoms with van der Waals surface area (Å²) in [6, 6.07) is 3.46. The van der Waals surface area contributed by atoms with E-state index in [0.717, 1.165) is 11.1 Å². The number of Topliss-reactive ketones (excluding diaryl/α,β-unsaturated/α-hetero) is 2. The number of carbonyl (C=O) groups excluding carboxylic acids is 2. The first-order valence-corrected chi connectivity index (χ1v) is 5.92. The van der Waals surface area contributed by atoms with Crippen molar-refractivity contribution >= 4 is 27.5 Å². The molecule has 16 heavy (non-hydrogen) atoms. The van der Waals surface area contributed by atoms with Gasteiger partial charge in [-0.2, -0.15) is 0 Å². The molecule has 0 heterocycles. The monoisotopic (exact) mass is 284 g/mol. The normalized spacial score (nSPS) is 10.0. The van der Waals surface area contributed by atoms with Gasteiger partial charge in [0.15, 0.2) is 0 Å². The quantitative estimate of drug-likeness (QED) is 0.485. The lowest BCUT2D eigenvalue weighted by Gasteiger charge is -2.09. The largest absolute Gasteiger partial charge is 0.496 e. The van der Waals surface area contributed by atoms with Gasteiger partial charge in [0, 0.05) is 0 Å². The highest BCUT2D eigenvalue weighted by molar-refractivity contribution is 9.09. The van der Waals surface area contributed by atoms with E-state index in [4.69, 9.17) is 4.74 Å². The van der Waals surface area contributed by atoms with Gasteiger partial charge >= 0.3 is 0 Å². The molecular weight excluding hydrogens is 272 g/mol. The average molecular weight is 285 g/mol. The van der Waals surface area contributed by atoms with Crippen LogP contribution >= 0.6 is 15.9 Å². The van der Waals surface area contributed by atoms with E-state index in [1.54, 1.807) is 12.1 Å². The summed E-state index contributed by atoms with van der Waals surface area (Å²) in [5, 5.41) is 0.0297. The van der Waals surface area contributed by atoms with Crippen molar-refractivity contribution in [3.8, 4) is 5.75 Å². The number of halogens is 1. The maximum absolute atomic E-state index is 11.8. The Morgan fingerprint density at radius 1 is 1.25 bits per heavy atom. The van der Waals surface area contributed by atoms with Crippen LogP contribution in [0.3, 0.4) is 0 Å². The van der Waals surface area contributed by atoms with Crippen LogP contribution in [0.5, 0.6) is 5.75 Å². The Hall–Kier alpha value is -1.16. The number of benzene rings is 1. The summed E-state index contributed by atoms with van der Waals surface area (Å²) in [5.41, 5.74) is 2.32. The van der Waals surface area contributed by atoms with E-state index in [1.165, 1.54) is 7.11 Å². The second-order valence-corrected chi connectivity index (χ2v) is 4.08. The van der Waals surface area contributed by atoms with Crippen LogP contribution < -0.4 is 4.74 Å². The minimum atomic E-state index is -0.517. The summed E-state index contributed by atoms with van der Waals surface area (Å²) in [7, 11) is 1.49. The molecule has 0 spiro atoms. The molecule has 0 aliphatic carbocycles. The van der Waals surface area contributed by atoms with Gasteiger partial charge in [0.05, 0.1) is 18.0 Å². The molecule has 0 aliphatic rings. The van der Waals surface area contributed by atoms with Crippen molar-refractivity contribution in [1.29, 1.82) is 0 Å². The van der Waals surface area contributed by atoms with Gasteiger partial charge in [-0.05, 0) is 37.1 Å². The molecule has 0 aliphatic heterocycles. The molecule has 0 aromatic heterocycles. The Bertz CT molecular complexity index is 438. The molecule has 1 aromatic rings. The van der Waals surface area contributed by atoms with Crippen LogP contribution in [0.15, 0.2) is 12.1 Å². The van der Waals surface area contributed by atoms with Crippen LogP contribution in [0.4, 0.5) is 0 Å². The maximum Gasteiger partial charge on any atom is 0.233 e. The molecule has 0 unspecified atom stereocenters. The smallest absolute Gasteiger partial charge is 0.233 e. The zero-order valence-corrected chi connectivity index (χ0v) is 11.1. The molecule has 0 saturated carbocycles. The molecule has 86 valence electrons. The number of alkyl halides is 1. The lowest BCUT2D eigenvalue weighted by atomic mass is 10.0. The van der Waals surface area contributed by atoms with Crippen molar-refractivity contribution in [3.05, 3.63) is 28.8 Å². The number of hydrogen-bond donors (Lipinski definition) is 0. The van der Waals surface area contributed by atoms with Crippen LogP contribution in [0, 0.1) is 13.8 Å². The van der Waals surface area contributed by atoms with E-state index >= 15 is 0 Å². The van der Waals surface area contributed by atoms with E-state index in [2.05, 4.69) is 15.9 Å². The van der Waals surface area contributed by atoms with Crippen LogP contribution in [-0.4, -0.2) is 24.0 Å². The van der Waals surface area contributed by atoms with Crippen LogP contribution in [0.25, 0.3) is 0 Å². The molecule has 3 nitrogen and oxygen atoms in total. The Morgan fingerprint density at radius 3 is 2.31 bits per heavy atom. The first kappa shape index (κ1) is 12.9. The van der Waals surface area contributed by atoms with Crippen molar-refractivity contribution in [2.45, 2.75) is 13.8 Å². The summed E-state index contributed by atoms with van der Waals surface area (Å²) in [6.07, 6.45) is 0. The number of ether oxygens (including phenoxy) is 1. The minimum absolute atomic E-state index is 0.0297. The number of hydrogen-bond acceptors (Lipinski definition) is 3. The number of ketones is 2. The van der Waals surface area contributed by atoms with E-state index in [0.29, 0.717) is 11.3 Å². The summed E-state index contributed by atoms with van der Waals surface area (Å²) < 4.78 is 5.11. The summed E-state index contributed by atoms with van der Waals surface area (Å²) in [6.45, 7) is 3.82. The molecule has 0 saturated heterocycles. The molecule has 0 radical (unpaired) electrons. The third kappa shape index (κ3) is 2.50. The molecule has 1 aromatic carbocycles. The number of carbonyl (C=O) groups is 2. The third-order valence-corrected chi connectivity index (χ3v) is 2.94. The number of rotatable bonds is 4. The molecule has 0 fully saturated rings. The van der Waals surface area contributed by atoms with E-state index in [9.17, 15) is 9.59 Å². The van der Waals surface area contributed by atoms with Crippen molar-refractivity contribution < 1.29 is 14.3 Å². The van der Waals surface area contributed by atoms with Gasteiger partial charge in [-0.1, -0.05) is 15.9 Å². The highest BCUT2D eigenvalue weighted by Crippen LogP contribution is 2.23.